The molecule has 0 saturated carbocycles. The number of benzene rings is 2. The third kappa shape index (κ3) is 7.65. The van der Waals surface area contributed by atoms with Crippen molar-refractivity contribution in [1.29, 1.82) is 0 Å². The number of rotatable bonds is 3. The molecule has 10 heteroatoms. The monoisotopic (exact) mass is 396 g/mol. The van der Waals surface area contributed by atoms with Crippen LogP contribution in [0, 0.1) is 0 Å². The van der Waals surface area contributed by atoms with Crippen molar-refractivity contribution in [2.75, 3.05) is 18.0 Å². The Hall–Kier alpha value is -2.41. The van der Waals surface area contributed by atoms with Crippen molar-refractivity contribution in [3.05, 3.63) is 60.2 Å². The van der Waals surface area contributed by atoms with Crippen molar-refractivity contribution in [2.24, 2.45) is 4.99 Å². The molecule has 0 amide bonds. The summed E-state index contributed by atoms with van der Waals surface area (Å²) in [5.41, 5.74) is 2.70. The predicted octanol–water partition coefficient (Wildman–Crippen LogP) is 6.59. The number of ketones is 1. The van der Waals surface area contributed by atoms with E-state index in [0.29, 0.717) is 13.1 Å². The molecule has 2 aromatic rings. The summed E-state index contributed by atoms with van der Waals surface area (Å²) in [7, 11) is -10.7. The van der Waals surface area contributed by atoms with Gasteiger partial charge in [-0.15, -0.1) is 0 Å². The first kappa shape index (κ1) is 19.9. The standard InChI is InChI=1S/C16H14N2O.F6P/c19-16(13-6-2-1-3-7-13)12-18-11-10-17-14-8-4-5-9-15(14)18;1-7(2,3,4,5)6/h1-10H,11-12H2;/q;-1/p+1. The first-order valence-electron chi connectivity index (χ1n) is 7.31. The number of Topliss-reactive ketones (excluding diaryl/α,β-unsaturated/α-hetero) is 1. The number of hydrogen-bond acceptors (Lipinski definition) is 3. The van der Waals surface area contributed by atoms with Crippen molar-refractivity contribution in [1.82, 2.24) is 0 Å². The van der Waals surface area contributed by atoms with Crippen LogP contribution in [0.3, 0.4) is 0 Å². The molecule has 0 saturated heterocycles. The van der Waals surface area contributed by atoms with Crippen LogP contribution in [0.1, 0.15) is 11.8 Å². The number of aliphatic imine (C=N–C) groups is 1. The second kappa shape index (κ2) is 6.39. The average Bonchev–Trinajstić information content (AvgIpc) is 2.53. The minimum absolute atomic E-state index is 0. The summed E-state index contributed by atoms with van der Waals surface area (Å²) < 4.78 is 59.2. The van der Waals surface area contributed by atoms with Crippen LogP contribution in [0.5, 0.6) is 0 Å². The maximum absolute atomic E-state index is 12.2. The fraction of sp³-hybridized carbons (Fsp3) is 0.125. The molecule has 0 fully saturated rings. The van der Waals surface area contributed by atoms with Gasteiger partial charge in [-0.05, 0) is 12.1 Å². The number of anilines is 1. The maximum Gasteiger partial charge on any atom is 1.00 e. The van der Waals surface area contributed by atoms with E-state index in [0.717, 1.165) is 16.9 Å². The van der Waals surface area contributed by atoms with Gasteiger partial charge in [0.25, 0.3) is 0 Å². The maximum atomic E-state index is 12.2. The largest absolute Gasteiger partial charge is 1.00 e. The van der Waals surface area contributed by atoms with Gasteiger partial charge in [0, 0.05) is 11.8 Å². The van der Waals surface area contributed by atoms with Crippen LogP contribution in [-0.2, 0) is 0 Å². The number of halogens is 6. The quantitative estimate of drug-likeness (QED) is 0.333. The van der Waals surface area contributed by atoms with Gasteiger partial charge in [0.2, 0.25) is 0 Å². The summed E-state index contributed by atoms with van der Waals surface area (Å²) in [6.07, 6.45) is 1.85. The zero-order valence-electron chi connectivity index (χ0n) is 14.2. The van der Waals surface area contributed by atoms with Gasteiger partial charge in [-0.25, -0.2) is 0 Å². The third-order valence-corrected chi connectivity index (χ3v) is 3.19. The van der Waals surface area contributed by atoms with Gasteiger partial charge >= 0.3 is 34.4 Å². The number of carbonyl (C=O) groups is 1. The molecule has 26 heavy (non-hydrogen) atoms. The summed E-state index contributed by atoms with van der Waals surface area (Å²) >= 11 is 0. The van der Waals surface area contributed by atoms with Crippen molar-refractivity contribution in [2.45, 2.75) is 0 Å². The summed E-state index contributed by atoms with van der Waals surface area (Å²) in [6, 6.07) is 17.3. The second-order valence-corrected chi connectivity index (χ2v) is 7.35. The molecule has 2 aromatic carbocycles. The number of nitrogens with zero attached hydrogens (tertiary/aromatic N) is 2. The summed E-state index contributed by atoms with van der Waals surface area (Å²) in [4.78, 5) is 18.6. The summed E-state index contributed by atoms with van der Waals surface area (Å²) in [6.45, 7) is 1.06. The van der Waals surface area contributed by atoms with Crippen molar-refractivity contribution < 1.29 is 31.4 Å². The number of hydrogen-bond donors (Lipinski definition) is 0. The smallest absolute Gasteiger partial charge is 0.357 e. The molecule has 0 aliphatic carbocycles. The fourth-order valence-electron chi connectivity index (χ4n) is 2.22. The van der Waals surface area contributed by atoms with Gasteiger partial charge in [-0.2, -0.15) is 0 Å². The van der Waals surface area contributed by atoms with Crippen LogP contribution < -0.4 is 4.90 Å². The van der Waals surface area contributed by atoms with E-state index in [-0.39, 0.29) is 7.21 Å². The molecular weight excluding hydrogens is 381 g/mol. The molecule has 1 aliphatic heterocycles. The molecule has 0 atom stereocenters. The Morgan fingerprint density at radius 1 is 0.962 bits per heavy atom. The molecular formula is C16H15F6N2OP. The Morgan fingerprint density at radius 3 is 2.12 bits per heavy atom. The van der Waals surface area contributed by atoms with Gasteiger partial charge < -0.3 is 4.90 Å². The molecule has 0 aromatic heterocycles. The summed E-state index contributed by atoms with van der Waals surface area (Å²) in [5, 5.41) is 0. The zero-order valence-corrected chi connectivity index (χ0v) is 14.1. The minimum Gasteiger partial charge on any atom is -0.357 e. The molecule has 0 N–H and O–H groups in total. The van der Waals surface area contributed by atoms with Crippen molar-refractivity contribution >= 4 is 31.2 Å². The van der Waals surface area contributed by atoms with Crippen molar-refractivity contribution in [3.8, 4) is 0 Å². The van der Waals surface area contributed by atoms with E-state index in [1.807, 2.05) is 60.8 Å². The molecule has 0 spiro atoms. The minimum atomic E-state index is -10.7. The Labute approximate surface area is 146 Å². The molecule has 0 unspecified atom stereocenters. The Morgan fingerprint density at radius 2 is 1.50 bits per heavy atom. The van der Waals surface area contributed by atoms with Crippen molar-refractivity contribution in [3.63, 3.8) is 0 Å². The van der Waals surface area contributed by atoms with Gasteiger partial charge in [-0.3, -0.25) is 9.79 Å². The predicted molar refractivity (Wildman–Crippen MR) is 92.3 cm³/mol. The van der Waals surface area contributed by atoms with Gasteiger partial charge in [-0.1, -0.05) is 42.5 Å². The second-order valence-electron chi connectivity index (χ2n) is 5.43. The molecule has 3 rings (SSSR count). The Kier molecular flexibility index (Phi) is 4.89. The van der Waals surface area contributed by atoms with E-state index in [1.54, 1.807) is 0 Å². The molecule has 1 aliphatic rings. The molecule has 142 valence electrons. The van der Waals surface area contributed by atoms with Crippen LogP contribution in [-0.4, -0.2) is 25.1 Å². The van der Waals surface area contributed by atoms with Crippen LogP contribution in [0.4, 0.5) is 36.6 Å². The fourth-order valence-corrected chi connectivity index (χ4v) is 2.22. The van der Waals surface area contributed by atoms with E-state index in [9.17, 15) is 30.0 Å². The van der Waals surface area contributed by atoms with Gasteiger partial charge in [0.15, 0.2) is 5.78 Å². The molecule has 0 bridgehead atoms. The van der Waals surface area contributed by atoms with Gasteiger partial charge in [0.1, 0.15) is 0 Å². The SMILES string of the molecule is F[P-](F)(F)(F)(F)F.O=C(CN1CC=Nc2ccccc21)c1ccccc1.[H+]. The number of carbonyl (C=O) groups excluding carboxylic acids is 1. The normalized spacial score (nSPS) is 15.8. The molecule has 3 nitrogen and oxygen atoms in total. The van der Waals surface area contributed by atoms with E-state index >= 15 is 0 Å². The van der Waals surface area contributed by atoms with Crippen LogP contribution in [0.15, 0.2) is 59.6 Å². The molecule has 1 heterocycles. The van der Waals surface area contributed by atoms with Crippen LogP contribution >= 0.6 is 7.81 Å². The third-order valence-electron chi connectivity index (χ3n) is 3.19. The topological polar surface area (TPSA) is 32.7 Å². The van der Waals surface area contributed by atoms with E-state index in [2.05, 4.69) is 9.89 Å². The van der Waals surface area contributed by atoms with Crippen LogP contribution in [0.2, 0.25) is 0 Å². The van der Waals surface area contributed by atoms with E-state index < -0.39 is 7.81 Å². The molecule has 0 radical (unpaired) electrons. The Bertz CT molecular complexity index is 816. The number of fused-ring (bicyclic) bond motifs is 1. The zero-order chi connectivity index (χ0) is 19.5. The van der Waals surface area contributed by atoms with E-state index in [4.69, 9.17) is 0 Å². The first-order chi connectivity index (χ1) is 11.8. The Balaban J connectivity index is 0.000000395. The average molecular weight is 396 g/mol. The number of para-hydroxylation sites is 2. The van der Waals surface area contributed by atoms with Crippen LogP contribution in [0.25, 0.3) is 0 Å². The summed E-state index contributed by atoms with van der Waals surface area (Å²) in [5.74, 6) is 0.130. The first-order valence-corrected chi connectivity index (χ1v) is 9.33. The van der Waals surface area contributed by atoms with Gasteiger partial charge in [0.05, 0.1) is 24.5 Å². The van der Waals surface area contributed by atoms with E-state index in [1.165, 1.54) is 0 Å².